The van der Waals surface area contributed by atoms with E-state index in [1.165, 1.54) is 0 Å². The molecular weight excluding hydrogens is 171 g/mol. The van der Waals surface area contributed by atoms with Crippen LogP contribution in [0.25, 0.3) is 0 Å². The first-order valence-electron chi connectivity index (χ1n) is 1.67. The van der Waals surface area contributed by atoms with Crippen molar-refractivity contribution in [3.63, 3.8) is 0 Å². The van der Waals surface area contributed by atoms with Gasteiger partial charge in [-0.15, -0.1) is 0 Å². The molecule has 9 heavy (non-hydrogen) atoms. The standard InChI is InChI=1S/CH5O6PS/c1-6-8(2,3)7-9(4)5/h1H3,(H,2,3)(H,4,5). The van der Waals surface area contributed by atoms with Crippen molar-refractivity contribution in [3.05, 3.63) is 0 Å². The van der Waals surface area contributed by atoms with Crippen LogP contribution in [0.2, 0.25) is 0 Å². The lowest BCUT2D eigenvalue weighted by atomic mass is 11.8. The molecule has 0 radical (unpaired) electrons. The van der Waals surface area contributed by atoms with E-state index < -0.39 is 19.2 Å². The Balaban J connectivity index is 3.88. The largest absolute Gasteiger partial charge is 0.486 e. The third-order valence-electron chi connectivity index (χ3n) is 0.389. The van der Waals surface area contributed by atoms with Gasteiger partial charge in [0.15, 0.2) is 0 Å². The Morgan fingerprint density at radius 2 is 2.11 bits per heavy atom. The number of hydrogen-bond acceptors (Lipinski definition) is 4. The molecule has 56 valence electrons. The van der Waals surface area contributed by atoms with E-state index in [1.54, 1.807) is 0 Å². The van der Waals surface area contributed by atoms with Gasteiger partial charge in [0, 0.05) is 7.11 Å². The van der Waals surface area contributed by atoms with E-state index in [4.69, 9.17) is 9.45 Å². The van der Waals surface area contributed by atoms with Gasteiger partial charge in [-0.05, 0) is 0 Å². The molecule has 8 heteroatoms. The molecule has 0 saturated carbocycles. The highest BCUT2D eigenvalue weighted by atomic mass is 32.2. The first-order chi connectivity index (χ1) is 3.98. The molecule has 0 aliphatic heterocycles. The highest BCUT2D eigenvalue weighted by molar-refractivity contribution is 7.79. The fourth-order valence-electron chi connectivity index (χ4n) is 0.111. The Bertz CT molecular complexity index is 153. The number of hydrogen-bond donors (Lipinski definition) is 2. The molecule has 0 spiro atoms. The molecule has 2 unspecified atom stereocenters. The van der Waals surface area contributed by atoms with Gasteiger partial charge in [-0.1, -0.05) is 0 Å². The predicted octanol–water partition coefficient (Wildman–Crippen LogP) is -0.114. The van der Waals surface area contributed by atoms with Crippen LogP contribution in [0.4, 0.5) is 0 Å². The Hall–Kier alpha value is 0.220. The second kappa shape index (κ2) is 3.40. The van der Waals surface area contributed by atoms with Gasteiger partial charge in [-0.25, -0.2) is 4.57 Å². The Kier molecular flexibility index (Phi) is 3.49. The molecule has 2 atom stereocenters. The molecule has 0 aliphatic rings. The minimum atomic E-state index is -4.28. The summed E-state index contributed by atoms with van der Waals surface area (Å²) in [4.78, 5) is 8.25. The van der Waals surface area contributed by atoms with Crippen LogP contribution in [0.5, 0.6) is 0 Å². The van der Waals surface area contributed by atoms with Gasteiger partial charge in [-0.2, -0.15) is 8.18 Å². The van der Waals surface area contributed by atoms with Crippen molar-refractivity contribution in [1.29, 1.82) is 0 Å². The second-order valence-electron chi connectivity index (χ2n) is 0.943. The van der Waals surface area contributed by atoms with E-state index in [0.717, 1.165) is 7.11 Å². The minimum absolute atomic E-state index is 0.883. The van der Waals surface area contributed by atoms with Crippen LogP contribution in [-0.2, 0) is 24.4 Å². The second-order valence-corrected chi connectivity index (χ2v) is 3.28. The quantitative estimate of drug-likeness (QED) is 0.460. The van der Waals surface area contributed by atoms with Crippen molar-refractivity contribution in [2.24, 2.45) is 0 Å². The molecule has 0 aromatic rings. The summed E-state index contributed by atoms with van der Waals surface area (Å²) < 4.78 is 34.9. The highest BCUT2D eigenvalue weighted by Gasteiger charge is 2.21. The van der Waals surface area contributed by atoms with E-state index in [9.17, 15) is 8.77 Å². The Morgan fingerprint density at radius 3 is 2.22 bits per heavy atom. The lowest BCUT2D eigenvalue weighted by molar-refractivity contribution is 0.243. The Morgan fingerprint density at radius 1 is 1.67 bits per heavy atom. The summed E-state index contributed by atoms with van der Waals surface area (Å²) in [5.41, 5.74) is 0. The van der Waals surface area contributed by atoms with Crippen LogP contribution < -0.4 is 0 Å². The zero-order valence-electron chi connectivity index (χ0n) is 4.38. The van der Waals surface area contributed by atoms with Crippen molar-refractivity contribution >= 4 is 19.2 Å². The average molecular weight is 176 g/mol. The van der Waals surface area contributed by atoms with Gasteiger partial charge in [-0.3, -0.25) is 9.08 Å². The summed E-state index contributed by atoms with van der Waals surface area (Å²) in [5.74, 6) is 0. The first kappa shape index (κ1) is 9.22. The SMILES string of the molecule is COP(=O)(O)OS(=O)O. The molecule has 0 aromatic carbocycles. The number of phosphoric ester groups is 1. The van der Waals surface area contributed by atoms with Crippen LogP contribution in [0.3, 0.4) is 0 Å². The maximum atomic E-state index is 10.2. The third kappa shape index (κ3) is 4.71. The number of phosphoric acid groups is 1. The van der Waals surface area contributed by atoms with E-state index in [0.29, 0.717) is 0 Å². The topological polar surface area (TPSA) is 93.1 Å². The fraction of sp³-hybridized carbons (Fsp3) is 1.00. The van der Waals surface area contributed by atoms with Crippen LogP contribution in [0, 0.1) is 0 Å². The molecule has 0 amide bonds. The molecule has 0 bridgehead atoms. The highest BCUT2D eigenvalue weighted by Crippen LogP contribution is 2.42. The van der Waals surface area contributed by atoms with E-state index in [2.05, 4.69) is 8.49 Å². The molecule has 0 fully saturated rings. The third-order valence-corrected chi connectivity index (χ3v) is 2.11. The maximum absolute atomic E-state index is 10.2. The van der Waals surface area contributed by atoms with Gasteiger partial charge in [0.25, 0.3) is 0 Å². The van der Waals surface area contributed by atoms with Gasteiger partial charge in [0.05, 0.1) is 0 Å². The summed E-state index contributed by atoms with van der Waals surface area (Å²) in [6.07, 6.45) is 0. The van der Waals surface area contributed by atoms with Crippen molar-refractivity contribution < 1.29 is 26.7 Å². The van der Waals surface area contributed by atoms with Crippen LogP contribution in [-0.4, -0.2) is 20.8 Å². The molecule has 2 N–H and O–H groups in total. The van der Waals surface area contributed by atoms with E-state index >= 15 is 0 Å². The van der Waals surface area contributed by atoms with Gasteiger partial charge >= 0.3 is 19.2 Å². The smallest absolute Gasteiger partial charge is 0.302 e. The summed E-state index contributed by atoms with van der Waals surface area (Å²) >= 11 is -2.77. The summed E-state index contributed by atoms with van der Waals surface area (Å²) in [6.45, 7) is 0. The zero-order chi connectivity index (χ0) is 7.49. The lowest BCUT2D eigenvalue weighted by Crippen LogP contribution is -1.93. The van der Waals surface area contributed by atoms with Crippen molar-refractivity contribution in [2.75, 3.05) is 7.11 Å². The zero-order valence-corrected chi connectivity index (χ0v) is 6.09. The summed E-state index contributed by atoms with van der Waals surface area (Å²) in [6, 6.07) is 0. The average Bonchev–Trinajstić information content (AvgIpc) is 1.63. The van der Waals surface area contributed by atoms with Crippen LogP contribution >= 0.6 is 7.82 Å². The summed E-state index contributed by atoms with van der Waals surface area (Å²) in [7, 11) is -3.40. The maximum Gasteiger partial charge on any atom is 0.486 e. The lowest BCUT2D eigenvalue weighted by Gasteiger charge is -2.02. The molecule has 0 rings (SSSR count). The van der Waals surface area contributed by atoms with Gasteiger partial charge in [0.1, 0.15) is 0 Å². The normalized spacial score (nSPS) is 20.8. The number of rotatable bonds is 3. The van der Waals surface area contributed by atoms with Crippen molar-refractivity contribution in [1.82, 2.24) is 0 Å². The van der Waals surface area contributed by atoms with Gasteiger partial charge < -0.3 is 4.89 Å². The monoisotopic (exact) mass is 176 g/mol. The molecule has 6 nitrogen and oxygen atoms in total. The molecule has 0 heterocycles. The van der Waals surface area contributed by atoms with Gasteiger partial charge in [0.2, 0.25) is 0 Å². The van der Waals surface area contributed by atoms with E-state index in [-0.39, 0.29) is 0 Å². The van der Waals surface area contributed by atoms with Crippen molar-refractivity contribution in [3.8, 4) is 0 Å². The predicted molar refractivity (Wildman–Crippen MR) is 28.7 cm³/mol. The van der Waals surface area contributed by atoms with Crippen LogP contribution in [0.1, 0.15) is 0 Å². The molecule has 0 saturated heterocycles. The van der Waals surface area contributed by atoms with E-state index in [1.807, 2.05) is 0 Å². The van der Waals surface area contributed by atoms with Crippen molar-refractivity contribution in [2.45, 2.75) is 0 Å². The van der Waals surface area contributed by atoms with Crippen LogP contribution in [0.15, 0.2) is 0 Å². The molecule has 0 aromatic heterocycles. The minimum Gasteiger partial charge on any atom is -0.302 e. The first-order valence-corrected chi connectivity index (χ1v) is 4.20. The Labute approximate surface area is 53.9 Å². The summed E-state index contributed by atoms with van der Waals surface area (Å²) in [5, 5.41) is 0. The fourth-order valence-corrected chi connectivity index (χ4v) is 0.999. The molecular formula is CH5O6PS. The molecule has 0 aliphatic carbocycles.